The van der Waals surface area contributed by atoms with E-state index in [-0.39, 0.29) is 12.3 Å². The fourth-order valence-corrected chi connectivity index (χ4v) is 1.71. The molecule has 2 aromatic rings. The zero-order valence-corrected chi connectivity index (χ0v) is 12.6. The van der Waals surface area contributed by atoms with Crippen LogP contribution in [0.1, 0.15) is 27.4 Å². The molecule has 0 bridgehead atoms. The largest absolute Gasteiger partial charge is 0.483 e. The number of benzene rings is 1. The second kappa shape index (κ2) is 6.75. The number of amides is 2. The monoisotopic (exact) mass is 303 g/mol. The molecule has 0 saturated heterocycles. The Balaban J connectivity index is 1.81. The number of rotatable bonds is 4. The Morgan fingerprint density at radius 3 is 2.64 bits per heavy atom. The van der Waals surface area contributed by atoms with Crippen LogP contribution in [0.4, 0.5) is 0 Å². The third kappa shape index (κ3) is 4.08. The van der Waals surface area contributed by atoms with Gasteiger partial charge in [-0.15, -0.1) is 0 Å². The molecule has 1 aromatic heterocycles. The molecule has 1 heterocycles. The summed E-state index contributed by atoms with van der Waals surface area (Å²) in [5.74, 6) is 0.106. The lowest BCUT2D eigenvalue weighted by molar-refractivity contribution is -0.123. The minimum Gasteiger partial charge on any atom is -0.483 e. The Hall–Kier alpha value is -2.83. The molecular formula is C15H17N3O4. The molecule has 0 atom stereocenters. The van der Waals surface area contributed by atoms with Crippen molar-refractivity contribution in [2.75, 3.05) is 6.61 Å². The first-order chi connectivity index (χ1) is 10.5. The first-order valence-corrected chi connectivity index (χ1v) is 6.68. The number of nitrogens with zero attached hydrogens (tertiary/aromatic N) is 1. The smallest absolute Gasteiger partial charge is 0.291 e. The van der Waals surface area contributed by atoms with Crippen LogP contribution < -0.4 is 15.6 Å². The topological polar surface area (TPSA) is 93.5 Å². The maximum absolute atomic E-state index is 11.7. The summed E-state index contributed by atoms with van der Waals surface area (Å²) in [6.07, 6.45) is 0. The summed E-state index contributed by atoms with van der Waals surface area (Å²) in [6, 6.07) is 7.19. The molecule has 0 aliphatic heterocycles. The van der Waals surface area contributed by atoms with Crippen LogP contribution in [-0.2, 0) is 4.79 Å². The number of carbonyl (C=O) groups excluding carboxylic acids is 2. The molecule has 0 spiro atoms. The van der Waals surface area contributed by atoms with Crippen LogP contribution in [0.5, 0.6) is 5.75 Å². The van der Waals surface area contributed by atoms with Gasteiger partial charge in [0.05, 0.1) is 0 Å². The van der Waals surface area contributed by atoms with E-state index in [1.807, 2.05) is 32.0 Å². The molecule has 2 N–H and O–H groups in total. The standard InChI is InChI=1S/C15H17N3O4/c1-9-4-5-10(2)13(6-9)21-8-14(19)16-17-15(20)12-7-11(3)22-18-12/h4-7H,8H2,1-3H3,(H,16,19)(H,17,20). The molecule has 0 unspecified atom stereocenters. The Labute approximate surface area is 127 Å². The fraction of sp³-hybridized carbons (Fsp3) is 0.267. The van der Waals surface area contributed by atoms with Gasteiger partial charge in [-0.2, -0.15) is 0 Å². The summed E-state index contributed by atoms with van der Waals surface area (Å²) in [5, 5.41) is 3.54. The van der Waals surface area contributed by atoms with E-state index in [9.17, 15) is 9.59 Å². The Morgan fingerprint density at radius 1 is 1.18 bits per heavy atom. The van der Waals surface area contributed by atoms with Crippen LogP contribution >= 0.6 is 0 Å². The summed E-state index contributed by atoms with van der Waals surface area (Å²) >= 11 is 0. The van der Waals surface area contributed by atoms with Gasteiger partial charge < -0.3 is 9.26 Å². The number of aromatic nitrogens is 1. The molecule has 0 aliphatic carbocycles. The highest BCUT2D eigenvalue weighted by Crippen LogP contribution is 2.18. The highest BCUT2D eigenvalue weighted by Gasteiger charge is 2.12. The summed E-state index contributed by atoms with van der Waals surface area (Å²) in [5.41, 5.74) is 6.54. The van der Waals surface area contributed by atoms with E-state index in [4.69, 9.17) is 9.26 Å². The Kier molecular flexibility index (Phi) is 4.77. The lowest BCUT2D eigenvalue weighted by atomic mass is 10.1. The summed E-state index contributed by atoms with van der Waals surface area (Å²) in [6.45, 7) is 5.29. The van der Waals surface area contributed by atoms with Crippen LogP contribution in [0, 0.1) is 20.8 Å². The fourth-order valence-electron chi connectivity index (χ4n) is 1.71. The Morgan fingerprint density at radius 2 is 1.95 bits per heavy atom. The van der Waals surface area contributed by atoms with E-state index in [0.717, 1.165) is 11.1 Å². The minimum absolute atomic E-state index is 0.0910. The molecule has 0 fully saturated rings. The van der Waals surface area contributed by atoms with Gasteiger partial charge in [-0.25, -0.2) is 0 Å². The van der Waals surface area contributed by atoms with Gasteiger partial charge >= 0.3 is 0 Å². The van der Waals surface area contributed by atoms with Crippen molar-refractivity contribution in [1.82, 2.24) is 16.0 Å². The Bertz CT molecular complexity index is 694. The zero-order valence-electron chi connectivity index (χ0n) is 12.6. The number of hydrazine groups is 1. The van der Waals surface area contributed by atoms with Crippen molar-refractivity contribution < 1.29 is 18.8 Å². The van der Waals surface area contributed by atoms with Crippen LogP contribution in [0.3, 0.4) is 0 Å². The summed E-state index contributed by atoms with van der Waals surface area (Å²) < 4.78 is 10.2. The maximum atomic E-state index is 11.7. The predicted octanol–water partition coefficient (Wildman–Crippen LogP) is 1.44. The average molecular weight is 303 g/mol. The number of aryl methyl sites for hydroxylation is 3. The molecule has 7 nitrogen and oxygen atoms in total. The molecule has 116 valence electrons. The van der Waals surface area contributed by atoms with Gasteiger partial charge in [0, 0.05) is 6.07 Å². The lowest BCUT2D eigenvalue weighted by Gasteiger charge is -2.10. The van der Waals surface area contributed by atoms with Gasteiger partial charge in [0.15, 0.2) is 12.3 Å². The molecule has 22 heavy (non-hydrogen) atoms. The molecule has 0 radical (unpaired) electrons. The van der Waals surface area contributed by atoms with Gasteiger partial charge in [-0.05, 0) is 38.0 Å². The minimum atomic E-state index is -0.558. The van der Waals surface area contributed by atoms with E-state index in [1.54, 1.807) is 6.92 Å². The second-order valence-corrected chi connectivity index (χ2v) is 4.88. The van der Waals surface area contributed by atoms with E-state index >= 15 is 0 Å². The predicted molar refractivity (Wildman–Crippen MR) is 78.3 cm³/mol. The molecule has 7 heteroatoms. The van der Waals surface area contributed by atoms with Crippen molar-refractivity contribution >= 4 is 11.8 Å². The van der Waals surface area contributed by atoms with E-state index < -0.39 is 11.8 Å². The number of hydrogen-bond acceptors (Lipinski definition) is 5. The average Bonchev–Trinajstić information content (AvgIpc) is 2.92. The number of ether oxygens (including phenoxy) is 1. The quantitative estimate of drug-likeness (QED) is 0.834. The van der Waals surface area contributed by atoms with Crippen molar-refractivity contribution in [1.29, 1.82) is 0 Å². The van der Waals surface area contributed by atoms with Crippen molar-refractivity contribution in [2.24, 2.45) is 0 Å². The van der Waals surface area contributed by atoms with Crippen molar-refractivity contribution in [3.05, 3.63) is 46.8 Å². The highest BCUT2D eigenvalue weighted by atomic mass is 16.5. The maximum Gasteiger partial charge on any atom is 0.291 e. The van der Waals surface area contributed by atoms with Crippen molar-refractivity contribution in [3.8, 4) is 5.75 Å². The molecular weight excluding hydrogens is 286 g/mol. The zero-order chi connectivity index (χ0) is 16.1. The van der Waals surface area contributed by atoms with Crippen LogP contribution in [-0.4, -0.2) is 23.6 Å². The highest BCUT2D eigenvalue weighted by molar-refractivity contribution is 5.93. The van der Waals surface area contributed by atoms with E-state index in [2.05, 4.69) is 16.0 Å². The van der Waals surface area contributed by atoms with Crippen molar-refractivity contribution in [2.45, 2.75) is 20.8 Å². The van der Waals surface area contributed by atoms with Crippen molar-refractivity contribution in [3.63, 3.8) is 0 Å². The third-order valence-corrected chi connectivity index (χ3v) is 2.88. The van der Waals surface area contributed by atoms with Gasteiger partial charge in [-0.1, -0.05) is 17.3 Å². The molecule has 0 saturated carbocycles. The molecule has 2 rings (SSSR count). The van der Waals surface area contributed by atoms with E-state index in [1.165, 1.54) is 6.07 Å². The number of nitrogens with one attached hydrogen (secondary N) is 2. The van der Waals surface area contributed by atoms with Gasteiger partial charge in [-0.3, -0.25) is 20.4 Å². The lowest BCUT2D eigenvalue weighted by Crippen LogP contribution is -2.44. The summed E-state index contributed by atoms with van der Waals surface area (Å²) in [7, 11) is 0. The summed E-state index contributed by atoms with van der Waals surface area (Å²) in [4.78, 5) is 23.3. The van der Waals surface area contributed by atoms with Gasteiger partial charge in [0.2, 0.25) is 0 Å². The first-order valence-electron chi connectivity index (χ1n) is 6.68. The number of carbonyl (C=O) groups is 2. The first kappa shape index (κ1) is 15.6. The molecule has 2 amide bonds. The van der Waals surface area contributed by atoms with Crippen LogP contribution in [0.2, 0.25) is 0 Å². The SMILES string of the molecule is Cc1ccc(C)c(OCC(=O)NNC(=O)c2cc(C)on2)c1. The normalized spacial score (nSPS) is 10.1. The van der Waals surface area contributed by atoms with Crippen LogP contribution in [0.25, 0.3) is 0 Å². The third-order valence-electron chi connectivity index (χ3n) is 2.88. The van der Waals surface area contributed by atoms with Gasteiger partial charge in [0.1, 0.15) is 11.5 Å². The van der Waals surface area contributed by atoms with Crippen LogP contribution in [0.15, 0.2) is 28.8 Å². The number of hydrogen-bond donors (Lipinski definition) is 2. The molecule has 0 aliphatic rings. The van der Waals surface area contributed by atoms with Gasteiger partial charge in [0.25, 0.3) is 11.8 Å². The second-order valence-electron chi connectivity index (χ2n) is 4.88. The molecule has 1 aromatic carbocycles. The van der Waals surface area contributed by atoms with E-state index in [0.29, 0.717) is 11.5 Å².